The lowest BCUT2D eigenvalue weighted by Crippen LogP contribution is -2.46. The molecule has 18 heavy (non-hydrogen) atoms. The van der Waals surface area contributed by atoms with Crippen LogP contribution in [0.15, 0.2) is 0 Å². The Kier molecular flexibility index (Phi) is 5.12. The number of nitrogens with zero attached hydrogens (tertiary/aromatic N) is 1. The Bertz CT molecular complexity index is 333. The van der Waals surface area contributed by atoms with Gasteiger partial charge in [-0.25, -0.2) is 0 Å². The van der Waals surface area contributed by atoms with Crippen LogP contribution < -0.4 is 5.32 Å². The SMILES string of the molecule is CCN(CC(C)C(=O)O)C(=O)C1CCC(=O)NC1. The van der Waals surface area contributed by atoms with Crippen LogP contribution in [-0.4, -0.2) is 47.4 Å². The zero-order valence-electron chi connectivity index (χ0n) is 10.8. The van der Waals surface area contributed by atoms with Crippen LogP contribution in [-0.2, 0) is 14.4 Å². The molecule has 1 aliphatic heterocycles. The molecule has 6 nitrogen and oxygen atoms in total. The molecule has 0 aliphatic carbocycles. The van der Waals surface area contributed by atoms with E-state index in [1.807, 2.05) is 6.92 Å². The summed E-state index contributed by atoms with van der Waals surface area (Å²) in [5, 5.41) is 11.5. The normalized spacial score (nSPS) is 21.0. The van der Waals surface area contributed by atoms with E-state index in [2.05, 4.69) is 5.32 Å². The highest BCUT2D eigenvalue weighted by molar-refractivity contribution is 5.84. The molecule has 2 N–H and O–H groups in total. The Balaban J connectivity index is 2.56. The van der Waals surface area contributed by atoms with Crippen LogP contribution in [0.1, 0.15) is 26.7 Å². The molecule has 2 atom stereocenters. The molecule has 2 unspecified atom stereocenters. The number of carbonyl (C=O) groups is 3. The molecule has 0 aromatic rings. The average Bonchev–Trinajstić information content (AvgIpc) is 2.35. The highest BCUT2D eigenvalue weighted by atomic mass is 16.4. The summed E-state index contributed by atoms with van der Waals surface area (Å²) >= 11 is 0. The van der Waals surface area contributed by atoms with Gasteiger partial charge < -0.3 is 15.3 Å². The van der Waals surface area contributed by atoms with Crippen molar-refractivity contribution in [1.82, 2.24) is 10.2 Å². The van der Waals surface area contributed by atoms with Crippen molar-refractivity contribution in [2.24, 2.45) is 11.8 Å². The quantitative estimate of drug-likeness (QED) is 0.729. The van der Waals surface area contributed by atoms with Crippen molar-refractivity contribution in [2.45, 2.75) is 26.7 Å². The summed E-state index contributed by atoms with van der Waals surface area (Å²) in [6, 6.07) is 0. The maximum Gasteiger partial charge on any atom is 0.308 e. The van der Waals surface area contributed by atoms with Crippen LogP contribution >= 0.6 is 0 Å². The topological polar surface area (TPSA) is 86.7 Å². The number of carbonyl (C=O) groups excluding carboxylic acids is 2. The van der Waals surface area contributed by atoms with Gasteiger partial charge in [0, 0.05) is 26.1 Å². The van der Waals surface area contributed by atoms with Crippen molar-refractivity contribution in [3.8, 4) is 0 Å². The van der Waals surface area contributed by atoms with Crippen LogP contribution in [0.4, 0.5) is 0 Å². The molecule has 0 bridgehead atoms. The first kappa shape index (κ1) is 14.5. The zero-order chi connectivity index (χ0) is 13.7. The lowest BCUT2D eigenvalue weighted by atomic mass is 9.97. The van der Waals surface area contributed by atoms with Crippen molar-refractivity contribution in [2.75, 3.05) is 19.6 Å². The molecule has 1 fully saturated rings. The van der Waals surface area contributed by atoms with E-state index >= 15 is 0 Å². The minimum atomic E-state index is -0.904. The molecule has 102 valence electrons. The minimum Gasteiger partial charge on any atom is -0.481 e. The smallest absolute Gasteiger partial charge is 0.308 e. The lowest BCUT2D eigenvalue weighted by molar-refractivity contribution is -0.144. The fraction of sp³-hybridized carbons (Fsp3) is 0.750. The van der Waals surface area contributed by atoms with E-state index in [-0.39, 0.29) is 24.3 Å². The van der Waals surface area contributed by atoms with Crippen molar-refractivity contribution < 1.29 is 19.5 Å². The van der Waals surface area contributed by atoms with Gasteiger partial charge in [0.05, 0.1) is 11.8 Å². The van der Waals surface area contributed by atoms with Gasteiger partial charge in [-0.3, -0.25) is 14.4 Å². The van der Waals surface area contributed by atoms with Gasteiger partial charge in [0.1, 0.15) is 0 Å². The average molecular weight is 256 g/mol. The van der Waals surface area contributed by atoms with Crippen LogP contribution in [0.5, 0.6) is 0 Å². The molecular weight excluding hydrogens is 236 g/mol. The number of nitrogens with one attached hydrogen (secondary N) is 1. The van der Waals surface area contributed by atoms with E-state index in [1.54, 1.807) is 11.8 Å². The molecule has 1 heterocycles. The highest BCUT2D eigenvalue weighted by Crippen LogP contribution is 2.15. The summed E-state index contributed by atoms with van der Waals surface area (Å²) in [5.74, 6) is -1.79. The van der Waals surface area contributed by atoms with Gasteiger partial charge in [-0.05, 0) is 13.3 Å². The molecule has 1 aliphatic rings. The van der Waals surface area contributed by atoms with Crippen LogP contribution in [0.2, 0.25) is 0 Å². The fourth-order valence-electron chi connectivity index (χ4n) is 1.99. The number of rotatable bonds is 5. The molecule has 6 heteroatoms. The Hall–Kier alpha value is -1.59. The van der Waals surface area contributed by atoms with E-state index in [9.17, 15) is 14.4 Å². The number of hydrogen-bond donors (Lipinski definition) is 2. The summed E-state index contributed by atoms with van der Waals surface area (Å²) in [6.07, 6.45) is 0.908. The Morgan fingerprint density at radius 2 is 2.22 bits per heavy atom. The third-order valence-corrected chi connectivity index (χ3v) is 3.22. The van der Waals surface area contributed by atoms with E-state index in [4.69, 9.17) is 5.11 Å². The number of piperidine rings is 1. The first-order valence-corrected chi connectivity index (χ1v) is 6.24. The van der Waals surface area contributed by atoms with Gasteiger partial charge in [0.2, 0.25) is 11.8 Å². The molecule has 0 radical (unpaired) electrons. The molecule has 0 aromatic heterocycles. The molecular formula is C12H20N2O4. The van der Waals surface area contributed by atoms with Crippen LogP contribution in [0.25, 0.3) is 0 Å². The van der Waals surface area contributed by atoms with Crippen molar-refractivity contribution in [1.29, 1.82) is 0 Å². The summed E-state index contributed by atoms with van der Waals surface area (Å²) in [7, 11) is 0. The van der Waals surface area contributed by atoms with E-state index < -0.39 is 11.9 Å². The second-order valence-electron chi connectivity index (χ2n) is 4.66. The van der Waals surface area contributed by atoms with E-state index in [1.165, 1.54) is 0 Å². The predicted molar refractivity (Wildman–Crippen MR) is 64.8 cm³/mol. The molecule has 0 spiro atoms. The first-order chi connectivity index (χ1) is 8.45. The Morgan fingerprint density at radius 3 is 2.67 bits per heavy atom. The Morgan fingerprint density at radius 1 is 1.56 bits per heavy atom. The molecule has 1 rings (SSSR count). The minimum absolute atomic E-state index is 0.0268. The van der Waals surface area contributed by atoms with Crippen LogP contribution in [0, 0.1) is 11.8 Å². The molecule has 1 saturated heterocycles. The van der Waals surface area contributed by atoms with Crippen molar-refractivity contribution >= 4 is 17.8 Å². The molecule has 0 saturated carbocycles. The van der Waals surface area contributed by atoms with Gasteiger partial charge in [-0.15, -0.1) is 0 Å². The van der Waals surface area contributed by atoms with E-state index in [0.29, 0.717) is 25.9 Å². The van der Waals surface area contributed by atoms with Gasteiger partial charge >= 0.3 is 5.97 Å². The van der Waals surface area contributed by atoms with Crippen molar-refractivity contribution in [3.05, 3.63) is 0 Å². The van der Waals surface area contributed by atoms with Gasteiger partial charge in [-0.2, -0.15) is 0 Å². The molecule has 2 amide bonds. The third-order valence-electron chi connectivity index (χ3n) is 3.22. The standard InChI is InChI=1S/C12H20N2O4/c1-3-14(7-8(2)12(17)18)11(16)9-4-5-10(15)13-6-9/h8-9H,3-7H2,1-2H3,(H,13,15)(H,17,18). The number of amides is 2. The van der Waals surface area contributed by atoms with Gasteiger partial charge in [0.15, 0.2) is 0 Å². The van der Waals surface area contributed by atoms with Gasteiger partial charge in [0.25, 0.3) is 0 Å². The second-order valence-corrected chi connectivity index (χ2v) is 4.66. The van der Waals surface area contributed by atoms with Crippen LogP contribution in [0.3, 0.4) is 0 Å². The lowest BCUT2D eigenvalue weighted by Gasteiger charge is -2.29. The first-order valence-electron chi connectivity index (χ1n) is 6.24. The number of carboxylic acids is 1. The monoisotopic (exact) mass is 256 g/mol. The highest BCUT2D eigenvalue weighted by Gasteiger charge is 2.29. The molecule has 0 aromatic carbocycles. The summed E-state index contributed by atoms with van der Waals surface area (Å²) in [5.41, 5.74) is 0. The summed E-state index contributed by atoms with van der Waals surface area (Å²) in [4.78, 5) is 35.6. The maximum absolute atomic E-state index is 12.2. The summed E-state index contributed by atoms with van der Waals surface area (Å²) < 4.78 is 0. The number of hydrogen-bond acceptors (Lipinski definition) is 3. The summed E-state index contributed by atoms with van der Waals surface area (Å²) in [6.45, 7) is 4.47. The number of carboxylic acid groups (broad SMARTS) is 1. The maximum atomic E-state index is 12.2. The fourth-order valence-corrected chi connectivity index (χ4v) is 1.99. The second kappa shape index (κ2) is 6.37. The Labute approximate surface area is 106 Å². The zero-order valence-corrected chi connectivity index (χ0v) is 10.8. The van der Waals surface area contributed by atoms with Gasteiger partial charge in [-0.1, -0.05) is 6.92 Å². The largest absolute Gasteiger partial charge is 0.481 e. The van der Waals surface area contributed by atoms with E-state index in [0.717, 1.165) is 0 Å². The third kappa shape index (κ3) is 3.72. The van der Waals surface area contributed by atoms with Crippen molar-refractivity contribution in [3.63, 3.8) is 0 Å². The predicted octanol–water partition coefficient (Wildman–Crippen LogP) is 0.0818. The number of aliphatic carboxylic acids is 1.